The lowest BCUT2D eigenvalue weighted by atomic mass is 10.1. The maximum absolute atomic E-state index is 4.26. The average Bonchev–Trinajstić information content (AvgIpc) is 2.38. The van der Waals surface area contributed by atoms with Crippen molar-refractivity contribution in [2.45, 2.75) is 39.0 Å². The summed E-state index contributed by atoms with van der Waals surface area (Å²) in [7, 11) is 0. The van der Waals surface area contributed by atoms with Crippen molar-refractivity contribution in [1.82, 2.24) is 0 Å². The molecule has 0 radical (unpaired) electrons. The molecule has 1 saturated carbocycles. The van der Waals surface area contributed by atoms with Crippen LogP contribution < -0.4 is 0 Å². The summed E-state index contributed by atoms with van der Waals surface area (Å²) in [6.45, 7) is 2.22. The van der Waals surface area contributed by atoms with E-state index in [2.05, 4.69) is 25.6 Å². The van der Waals surface area contributed by atoms with E-state index >= 15 is 0 Å². The summed E-state index contributed by atoms with van der Waals surface area (Å²) in [6.07, 6.45) is 9.04. The molecular weight excluding hydrogens is 152 g/mol. The van der Waals surface area contributed by atoms with E-state index in [9.17, 15) is 0 Å². The van der Waals surface area contributed by atoms with Gasteiger partial charge in [0.25, 0.3) is 0 Å². The Morgan fingerprint density at radius 3 is 3.09 bits per heavy atom. The molecule has 64 valence electrons. The van der Waals surface area contributed by atoms with Gasteiger partial charge in [0.05, 0.1) is 0 Å². The number of hydrogen-bond acceptors (Lipinski definition) is 1. The molecule has 1 heteroatoms. The zero-order valence-corrected chi connectivity index (χ0v) is 8.24. The van der Waals surface area contributed by atoms with Crippen LogP contribution in [0.15, 0.2) is 11.6 Å². The van der Waals surface area contributed by atoms with Gasteiger partial charge in [0.2, 0.25) is 0 Å². The van der Waals surface area contributed by atoms with Gasteiger partial charge in [-0.05, 0) is 43.8 Å². The molecule has 0 bridgehead atoms. The number of hydrogen-bond donors (Lipinski definition) is 1. The topological polar surface area (TPSA) is 0 Å². The van der Waals surface area contributed by atoms with Crippen LogP contribution in [0.4, 0.5) is 0 Å². The van der Waals surface area contributed by atoms with Crippen LogP contribution in [0.2, 0.25) is 0 Å². The van der Waals surface area contributed by atoms with Gasteiger partial charge < -0.3 is 0 Å². The molecule has 0 amide bonds. The highest BCUT2D eigenvalue weighted by atomic mass is 32.1. The first kappa shape index (κ1) is 9.18. The molecule has 11 heavy (non-hydrogen) atoms. The minimum absolute atomic E-state index is 0.949. The summed E-state index contributed by atoms with van der Waals surface area (Å²) in [5.74, 6) is 2.01. The fourth-order valence-electron chi connectivity index (χ4n) is 1.87. The maximum Gasteiger partial charge on any atom is -0.00952 e. The minimum Gasteiger partial charge on any atom is -0.179 e. The highest BCUT2D eigenvalue weighted by Crippen LogP contribution is 2.32. The first-order chi connectivity index (χ1) is 5.36. The average molecular weight is 170 g/mol. The molecule has 0 nitrogen and oxygen atoms in total. The largest absolute Gasteiger partial charge is 0.179 e. The molecule has 1 fully saturated rings. The van der Waals surface area contributed by atoms with Crippen LogP contribution in [0, 0.1) is 5.92 Å². The third kappa shape index (κ3) is 2.90. The van der Waals surface area contributed by atoms with Gasteiger partial charge in [0.1, 0.15) is 0 Å². The summed E-state index contributed by atoms with van der Waals surface area (Å²) in [6, 6.07) is 0. The van der Waals surface area contributed by atoms with Crippen LogP contribution in [0.5, 0.6) is 0 Å². The summed E-state index contributed by atoms with van der Waals surface area (Å²) in [5, 5.41) is 0. The molecule has 0 N–H and O–H groups in total. The Hall–Kier alpha value is 0.0900. The van der Waals surface area contributed by atoms with Gasteiger partial charge in [-0.15, -0.1) is 0 Å². The molecular formula is C10H18S. The van der Waals surface area contributed by atoms with Crippen molar-refractivity contribution in [2.24, 2.45) is 5.92 Å². The molecule has 0 aromatic carbocycles. The molecule has 0 heterocycles. The minimum atomic E-state index is 0.949. The van der Waals surface area contributed by atoms with E-state index in [1.165, 1.54) is 32.1 Å². The Morgan fingerprint density at radius 1 is 1.64 bits per heavy atom. The fraction of sp³-hybridized carbons (Fsp3) is 0.800. The molecule has 0 aliphatic heterocycles. The van der Waals surface area contributed by atoms with E-state index in [-0.39, 0.29) is 0 Å². The standard InChI is InChI=1S/C10H18S/c1-2-3-9-4-5-10(8-9)6-7-11/h3,10-11H,2,4-8H2,1H3/b9-3+. The van der Waals surface area contributed by atoms with Gasteiger partial charge in [0.15, 0.2) is 0 Å². The lowest BCUT2D eigenvalue weighted by Crippen LogP contribution is -1.92. The number of rotatable bonds is 3. The Labute approximate surface area is 75.5 Å². The molecule has 0 aromatic rings. The maximum atomic E-state index is 4.26. The van der Waals surface area contributed by atoms with E-state index < -0.39 is 0 Å². The van der Waals surface area contributed by atoms with Crippen molar-refractivity contribution < 1.29 is 0 Å². The molecule has 1 unspecified atom stereocenters. The molecule has 1 atom stereocenters. The van der Waals surface area contributed by atoms with Crippen molar-refractivity contribution in [2.75, 3.05) is 5.75 Å². The second-order valence-electron chi connectivity index (χ2n) is 3.39. The third-order valence-corrected chi connectivity index (χ3v) is 2.71. The van der Waals surface area contributed by atoms with E-state index in [1.807, 2.05) is 0 Å². The van der Waals surface area contributed by atoms with Crippen molar-refractivity contribution in [1.29, 1.82) is 0 Å². The highest BCUT2D eigenvalue weighted by Gasteiger charge is 2.17. The molecule has 1 aliphatic rings. The second kappa shape index (κ2) is 4.87. The van der Waals surface area contributed by atoms with E-state index in [0.29, 0.717) is 0 Å². The molecule has 0 aromatic heterocycles. The lowest BCUT2D eigenvalue weighted by molar-refractivity contribution is 0.543. The molecule has 0 saturated heterocycles. The lowest BCUT2D eigenvalue weighted by Gasteiger charge is -2.03. The Morgan fingerprint density at radius 2 is 2.45 bits per heavy atom. The van der Waals surface area contributed by atoms with Crippen LogP contribution in [0.1, 0.15) is 39.0 Å². The molecule has 1 rings (SSSR count). The highest BCUT2D eigenvalue weighted by molar-refractivity contribution is 7.80. The number of allylic oxidation sites excluding steroid dienone is 2. The van der Waals surface area contributed by atoms with Gasteiger partial charge in [-0.1, -0.05) is 18.6 Å². The zero-order valence-electron chi connectivity index (χ0n) is 7.34. The Bertz CT molecular complexity index is 138. The van der Waals surface area contributed by atoms with Crippen LogP contribution in [0.3, 0.4) is 0 Å². The van der Waals surface area contributed by atoms with Gasteiger partial charge in [0, 0.05) is 0 Å². The van der Waals surface area contributed by atoms with Crippen LogP contribution in [0.25, 0.3) is 0 Å². The number of thiol groups is 1. The van der Waals surface area contributed by atoms with Crippen LogP contribution >= 0.6 is 12.6 Å². The summed E-state index contributed by atoms with van der Waals surface area (Å²) in [4.78, 5) is 0. The molecule has 0 spiro atoms. The summed E-state index contributed by atoms with van der Waals surface area (Å²) < 4.78 is 0. The summed E-state index contributed by atoms with van der Waals surface area (Å²) >= 11 is 4.26. The fourth-order valence-corrected chi connectivity index (χ4v) is 2.23. The van der Waals surface area contributed by atoms with Crippen molar-refractivity contribution >= 4 is 12.6 Å². The van der Waals surface area contributed by atoms with Crippen LogP contribution in [-0.2, 0) is 0 Å². The van der Waals surface area contributed by atoms with Gasteiger partial charge >= 0.3 is 0 Å². The van der Waals surface area contributed by atoms with E-state index in [0.717, 1.165) is 11.7 Å². The zero-order chi connectivity index (χ0) is 8.10. The van der Waals surface area contributed by atoms with E-state index in [4.69, 9.17) is 0 Å². The predicted octanol–water partition coefficient (Wildman–Crippen LogP) is 3.44. The normalized spacial score (nSPS) is 28.2. The predicted molar refractivity (Wildman–Crippen MR) is 54.2 cm³/mol. The quantitative estimate of drug-likeness (QED) is 0.487. The van der Waals surface area contributed by atoms with Gasteiger partial charge in [-0.25, -0.2) is 0 Å². The smallest absolute Gasteiger partial charge is 0.00952 e. The van der Waals surface area contributed by atoms with E-state index in [1.54, 1.807) is 5.57 Å². The van der Waals surface area contributed by atoms with Crippen molar-refractivity contribution in [3.8, 4) is 0 Å². The van der Waals surface area contributed by atoms with Crippen LogP contribution in [-0.4, -0.2) is 5.75 Å². The molecule has 1 aliphatic carbocycles. The van der Waals surface area contributed by atoms with Crippen molar-refractivity contribution in [3.63, 3.8) is 0 Å². The van der Waals surface area contributed by atoms with Gasteiger partial charge in [-0.2, -0.15) is 12.6 Å². The third-order valence-electron chi connectivity index (χ3n) is 2.45. The SMILES string of the molecule is CC/C=C1\CCC(CCS)C1. The summed E-state index contributed by atoms with van der Waals surface area (Å²) in [5.41, 5.74) is 1.69. The Balaban J connectivity index is 2.28. The van der Waals surface area contributed by atoms with Crippen molar-refractivity contribution in [3.05, 3.63) is 11.6 Å². The first-order valence-corrected chi connectivity index (χ1v) is 5.28. The Kier molecular flexibility index (Phi) is 4.06. The second-order valence-corrected chi connectivity index (χ2v) is 3.84. The van der Waals surface area contributed by atoms with Gasteiger partial charge in [-0.3, -0.25) is 0 Å². The monoisotopic (exact) mass is 170 g/mol. The first-order valence-electron chi connectivity index (χ1n) is 4.65.